The Balaban J connectivity index is 1.38. The molecule has 0 N–H and O–H groups in total. The van der Waals surface area contributed by atoms with Crippen LogP contribution in [0, 0.1) is 0 Å². The van der Waals surface area contributed by atoms with E-state index >= 15 is 0 Å². The Morgan fingerprint density at radius 2 is 2.10 bits per heavy atom. The molecule has 2 fully saturated rings. The Bertz CT molecular complexity index is 1310. The van der Waals surface area contributed by atoms with Crippen molar-refractivity contribution in [1.82, 2.24) is 14.5 Å². The first kappa shape index (κ1) is 21.2. The molecule has 1 aliphatic heterocycles. The van der Waals surface area contributed by atoms with Gasteiger partial charge < -0.3 is 4.90 Å². The van der Waals surface area contributed by atoms with Crippen molar-refractivity contribution in [3.63, 3.8) is 0 Å². The molecule has 11 heteroatoms. The second kappa shape index (κ2) is 8.02. The number of amides is 1. The first-order chi connectivity index (χ1) is 14.8. The monoisotopic (exact) mass is 495 g/mol. The van der Waals surface area contributed by atoms with Gasteiger partial charge in [-0.2, -0.15) is 0 Å². The van der Waals surface area contributed by atoms with Gasteiger partial charge >= 0.3 is 0 Å². The minimum atomic E-state index is -3.06. The number of carbonyl (C=O) groups excluding carboxylic acids is 1. The van der Waals surface area contributed by atoms with E-state index in [0.717, 1.165) is 23.3 Å². The van der Waals surface area contributed by atoms with Gasteiger partial charge in [0.15, 0.2) is 15.0 Å². The van der Waals surface area contributed by atoms with Crippen LogP contribution in [0.1, 0.15) is 19.3 Å². The van der Waals surface area contributed by atoms with Crippen LogP contribution in [0.5, 0.6) is 0 Å². The Kier molecular flexibility index (Phi) is 5.48. The summed E-state index contributed by atoms with van der Waals surface area (Å²) in [6.07, 6.45) is 2.37. The maximum Gasteiger partial charge on any atom is 0.263 e. The highest BCUT2D eigenvalue weighted by molar-refractivity contribution is 7.99. The molecule has 1 aliphatic carbocycles. The van der Waals surface area contributed by atoms with Crippen LogP contribution in [-0.4, -0.2) is 58.1 Å². The fraction of sp³-hybridized carbons (Fsp3) is 0.450. The molecule has 1 amide bonds. The number of thioether (sulfide) groups is 1. The zero-order valence-corrected chi connectivity index (χ0v) is 20.1. The molecule has 1 saturated carbocycles. The van der Waals surface area contributed by atoms with E-state index in [2.05, 4.69) is 4.98 Å². The molecule has 1 unspecified atom stereocenters. The van der Waals surface area contributed by atoms with Crippen LogP contribution in [0.2, 0.25) is 0 Å². The lowest BCUT2D eigenvalue weighted by molar-refractivity contribution is -0.130. The molecule has 1 saturated heterocycles. The van der Waals surface area contributed by atoms with Crippen LogP contribution in [0.25, 0.3) is 20.7 Å². The Morgan fingerprint density at radius 3 is 2.74 bits per heavy atom. The predicted octanol–water partition coefficient (Wildman–Crippen LogP) is 2.99. The molecule has 4 heterocycles. The van der Waals surface area contributed by atoms with Crippen molar-refractivity contribution in [2.75, 3.05) is 17.3 Å². The molecule has 5 rings (SSSR count). The minimum absolute atomic E-state index is 0.0588. The van der Waals surface area contributed by atoms with Gasteiger partial charge in [-0.05, 0) is 30.7 Å². The summed E-state index contributed by atoms with van der Waals surface area (Å²) in [5.41, 5.74) is 0.781. The van der Waals surface area contributed by atoms with Crippen molar-refractivity contribution in [3.05, 3.63) is 33.2 Å². The number of carbonyl (C=O) groups is 1. The van der Waals surface area contributed by atoms with E-state index in [-0.39, 0.29) is 40.8 Å². The van der Waals surface area contributed by atoms with Crippen molar-refractivity contribution < 1.29 is 13.2 Å². The second-order valence-corrected chi connectivity index (χ2v) is 12.9. The third-order valence-electron chi connectivity index (χ3n) is 5.72. The molecule has 2 aliphatic rings. The molecule has 1 atom stereocenters. The lowest BCUT2D eigenvalue weighted by Gasteiger charge is -2.28. The fourth-order valence-corrected chi connectivity index (χ4v) is 8.40. The molecule has 7 nitrogen and oxygen atoms in total. The standard InChI is InChI=1S/C20H21N3O4S4/c1-22-19(25)17-14(15-3-2-7-28-15)9-29-18(17)21-20(22)30-10-16(24)23(12-4-5-12)13-6-8-31(26,27)11-13/h2-3,7,9,12-13H,4-6,8,10-11H2,1H3. The highest BCUT2D eigenvalue weighted by atomic mass is 32.2. The summed E-state index contributed by atoms with van der Waals surface area (Å²) in [5, 5.41) is 5.05. The topological polar surface area (TPSA) is 89.3 Å². The van der Waals surface area contributed by atoms with Crippen molar-refractivity contribution in [2.45, 2.75) is 36.5 Å². The Morgan fingerprint density at radius 1 is 1.29 bits per heavy atom. The lowest BCUT2D eigenvalue weighted by atomic mass is 10.2. The summed E-state index contributed by atoms with van der Waals surface area (Å²) in [4.78, 5) is 34.2. The van der Waals surface area contributed by atoms with Crippen LogP contribution in [0.15, 0.2) is 32.8 Å². The van der Waals surface area contributed by atoms with Gasteiger partial charge in [-0.1, -0.05) is 17.8 Å². The molecule has 31 heavy (non-hydrogen) atoms. The summed E-state index contributed by atoms with van der Waals surface area (Å²) in [6.45, 7) is 0. The number of hydrogen-bond acceptors (Lipinski definition) is 8. The molecular weight excluding hydrogens is 475 g/mol. The van der Waals surface area contributed by atoms with E-state index in [1.54, 1.807) is 23.3 Å². The first-order valence-electron chi connectivity index (χ1n) is 10.0. The van der Waals surface area contributed by atoms with Gasteiger partial charge in [0.2, 0.25) is 5.91 Å². The van der Waals surface area contributed by atoms with Gasteiger partial charge in [-0.15, -0.1) is 22.7 Å². The summed E-state index contributed by atoms with van der Waals surface area (Å²) in [7, 11) is -1.38. The summed E-state index contributed by atoms with van der Waals surface area (Å²) >= 11 is 4.26. The SMILES string of the molecule is Cn1c(SCC(=O)N(C2CC2)C2CCS(=O)(=O)C2)nc2scc(-c3cccs3)c2c1=O. The molecule has 3 aromatic rings. The van der Waals surface area contributed by atoms with E-state index < -0.39 is 9.84 Å². The van der Waals surface area contributed by atoms with E-state index in [0.29, 0.717) is 21.8 Å². The van der Waals surface area contributed by atoms with E-state index in [1.165, 1.54) is 27.7 Å². The maximum atomic E-state index is 13.1. The number of thiophene rings is 2. The number of rotatable bonds is 6. The van der Waals surface area contributed by atoms with Gasteiger partial charge in [0.05, 0.1) is 22.6 Å². The molecule has 3 aromatic heterocycles. The summed E-state index contributed by atoms with van der Waals surface area (Å²) < 4.78 is 25.3. The van der Waals surface area contributed by atoms with Gasteiger partial charge in [0, 0.05) is 35.0 Å². The lowest BCUT2D eigenvalue weighted by Crippen LogP contribution is -2.43. The van der Waals surface area contributed by atoms with Crippen molar-refractivity contribution in [3.8, 4) is 10.4 Å². The summed E-state index contributed by atoms with van der Waals surface area (Å²) in [6, 6.07) is 3.87. The van der Waals surface area contributed by atoms with Crippen LogP contribution < -0.4 is 5.56 Å². The van der Waals surface area contributed by atoms with E-state index in [1.807, 2.05) is 22.9 Å². The van der Waals surface area contributed by atoms with Crippen molar-refractivity contribution in [2.24, 2.45) is 7.05 Å². The highest BCUT2D eigenvalue weighted by Crippen LogP contribution is 2.35. The zero-order chi connectivity index (χ0) is 21.8. The second-order valence-electron chi connectivity index (χ2n) is 7.94. The van der Waals surface area contributed by atoms with Gasteiger partial charge in [0.1, 0.15) is 4.83 Å². The van der Waals surface area contributed by atoms with Crippen molar-refractivity contribution in [1.29, 1.82) is 0 Å². The molecule has 0 radical (unpaired) electrons. The van der Waals surface area contributed by atoms with Crippen LogP contribution in [0.4, 0.5) is 0 Å². The number of aromatic nitrogens is 2. The predicted molar refractivity (Wildman–Crippen MR) is 126 cm³/mol. The smallest absolute Gasteiger partial charge is 0.263 e. The van der Waals surface area contributed by atoms with Crippen LogP contribution in [0.3, 0.4) is 0 Å². The highest BCUT2D eigenvalue weighted by Gasteiger charge is 2.42. The minimum Gasteiger partial charge on any atom is -0.335 e. The molecule has 0 spiro atoms. The van der Waals surface area contributed by atoms with Crippen LogP contribution in [-0.2, 0) is 21.7 Å². The number of fused-ring (bicyclic) bond motifs is 1. The quantitative estimate of drug-likeness (QED) is 0.386. The van der Waals surface area contributed by atoms with Gasteiger partial charge in [-0.3, -0.25) is 14.2 Å². The molecular formula is C20H21N3O4S4. The average molecular weight is 496 g/mol. The zero-order valence-electron chi connectivity index (χ0n) is 16.8. The fourth-order valence-electron chi connectivity index (χ4n) is 4.05. The van der Waals surface area contributed by atoms with E-state index in [9.17, 15) is 18.0 Å². The third-order valence-corrected chi connectivity index (χ3v) is 10.3. The summed E-state index contributed by atoms with van der Waals surface area (Å²) in [5.74, 6) is 0.277. The first-order valence-corrected chi connectivity index (χ1v) is 14.6. The van der Waals surface area contributed by atoms with Crippen LogP contribution >= 0.6 is 34.4 Å². The normalized spacial score (nSPS) is 20.4. The Hall–Kier alpha value is -1.69. The Labute approximate surface area is 192 Å². The third kappa shape index (κ3) is 4.08. The molecule has 0 bridgehead atoms. The number of sulfone groups is 1. The molecule has 164 valence electrons. The van der Waals surface area contributed by atoms with Gasteiger partial charge in [-0.25, -0.2) is 13.4 Å². The van der Waals surface area contributed by atoms with Gasteiger partial charge in [0.25, 0.3) is 5.56 Å². The van der Waals surface area contributed by atoms with Crippen molar-refractivity contribution >= 4 is 60.4 Å². The largest absolute Gasteiger partial charge is 0.335 e. The number of nitrogens with zero attached hydrogens (tertiary/aromatic N) is 3. The van der Waals surface area contributed by atoms with E-state index in [4.69, 9.17) is 0 Å². The molecule has 0 aromatic carbocycles. The maximum absolute atomic E-state index is 13.1. The number of hydrogen-bond donors (Lipinski definition) is 0. The average Bonchev–Trinajstić information content (AvgIpc) is 3.12.